The summed E-state index contributed by atoms with van der Waals surface area (Å²) in [6, 6.07) is 2.15. The maximum Gasteiger partial charge on any atom is 0.251 e. The van der Waals surface area contributed by atoms with Gasteiger partial charge in [0.05, 0.1) is 5.69 Å². The number of aromatic nitrogens is 2. The second-order valence-corrected chi connectivity index (χ2v) is 7.50. The monoisotopic (exact) mass is 348 g/mol. The molecule has 1 atom stereocenters. The highest BCUT2D eigenvalue weighted by Gasteiger charge is 2.31. The van der Waals surface area contributed by atoms with E-state index in [0.717, 1.165) is 56.6 Å². The molecule has 2 saturated heterocycles. The number of ether oxygens (including phenoxy) is 1. The van der Waals surface area contributed by atoms with Crippen LogP contribution in [0.4, 0.5) is 5.82 Å². The normalized spacial score (nSPS) is 24.5. The summed E-state index contributed by atoms with van der Waals surface area (Å²) in [4.78, 5) is 26.0. The molecule has 3 heterocycles. The van der Waals surface area contributed by atoms with Crippen LogP contribution in [0.2, 0.25) is 0 Å². The minimum atomic E-state index is -0.208. The van der Waals surface area contributed by atoms with Crippen molar-refractivity contribution in [1.29, 1.82) is 0 Å². The molecule has 7 heteroatoms. The third-order valence-electron chi connectivity index (χ3n) is 5.01. The lowest BCUT2D eigenvalue weighted by Gasteiger charge is -2.36. The van der Waals surface area contributed by atoms with Gasteiger partial charge in [-0.05, 0) is 31.9 Å². The SMILES string of the molecule is CSc1nc(C2CC2)cc(N2CCN(C(=O)C3CCCO3)CC2)n1. The first-order chi connectivity index (χ1) is 11.7. The van der Waals surface area contributed by atoms with E-state index in [0.29, 0.717) is 5.92 Å². The Morgan fingerprint density at radius 1 is 1.21 bits per heavy atom. The molecule has 3 fully saturated rings. The van der Waals surface area contributed by atoms with Gasteiger partial charge in [0.15, 0.2) is 5.16 Å². The van der Waals surface area contributed by atoms with Crippen molar-refractivity contribution in [1.82, 2.24) is 14.9 Å². The number of carbonyl (C=O) groups is 1. The summed E-state index contributed by atoms with van der Waals surface area (Å²) in [5, 5.41) is 0.854. The first-order valence-corrected chi connectivity index (χ1v) is 10.1. The minimum Gasteiger partial charge on any atom is -0.368 e. The molecule has 0 N–H and O–H groups in total. The highest BCUT2D eigenvalue weighted by Crippen LogP contribution is 2.40. The quantitative estimate of drug-likeness (QED) is 0.612. The van der Waals surface area contributed by atoms with Gasteiger partial charge in [-0.3, -0.25) is 4.79 Å². The average Bonchev–Trinajstić information content (AvgIpc) is 3.35. The Bertz CT molecular complexity index is 609. The van der Waals surface area contributed by atoms with E-state index in [-0.39, 0.29) is 12.0 Å². The summed E-state index contributed by atoms with van der Waals surface area (Å²) in [6.07, 6.45) is 6.17. The minimum absolute atomic E-state index is 0.165. The number of rotatable bonds is 4. The van der Waals surface area contributed by atoms with Crippen LogP contribution in [-0.2, 0) is 9.53 Å². The zero-order chi connectivity index (χ0) is 16.5. The van der Waals surface area contributed by atoms with E-state index in [2.05, 4.69) is 20.9 Å². The zero-order valence-electron chi connectivity index (χ0n) is 14.1. The molecular weight excluding hydrogens is 324 g/mol. The predicted octanol–water partition coefficient (Wildman–Crippen LogP) is 1.90. The summed E-state index contributed by atoms with van der Waals surface area (Å²) >= 11 is 1.60. The van der Waals surface area contributed by atoms with Crippen LogP contribution in [0.1, 0.15) is 37.3 Å². The fourth-order valence-electron chi connectivity index (χ4n) is 3.40. The van der Waals surface area contributed by atoms with Crippen molar-refractivity contribution < 1.29 is 9.53 Å². The third kappa shape index (κ3) is 3.37. The molecule has 4 rings (SSSR count). The first kappa shape index (κ1) is 16.1. The maximum atomic E-state index is 12.4. The van der Waals surface area contributed by atoms with Crippen LogP contribution in [0, 0.1) is 0 Å². The fourth-order valence-corrected chi connectivity index (χ4v) is 3.79. The van der Waals surface area contributed by atoms with E-state index in [9.17, 15) is 4.79 Å². The summed E-state index contributed by atoms with van der Waals surface area (Å²) in [7, 11) is 0. The predicted molar refractivity (Wildman–Crippen MR) is 93.6 cm³/mol. The number of amides is 1. The molecule has 1 aromatic heterocycles. The Hall–Kier alpha value is -1.34. The molecular formula is C17H24N4O2S. The molecule has 24 heavy (non-hydrogen) atoms. The fraction of sp³-hybridized carbons (Fsp3) is 0.706. The van der Waals surface area contributed by atoms with E-state index in [1.807, 2.05) is 11.2 Å². The number of anilines is 1. The molecule has 3 aliphatic rings. The maximum absolute atomic E-state index is 12.4. The highest BCUT2D eigenvalue weighted by atomic mass is 32.2. The van der Waals surface area contributed by atoms with Gasteiger partial charge in [-0.25, -0.2) is 9.97 Å². The van der Waals surface area contributed by atoms with Gasteiger partial charge in [-0.2, -0.15) is 0 Å². The molecule has 1 aliphatic carbocycles. The van der Waals surface area contributed by atoms with Crippen LogP contribution in [-0.4, -0.2) is 65.9 Å². The average molecular weight is 348 g/mol. The number of carbonyl (C=O) groups excluding carboxylic acids is 1. The Labute approximate surface area is 147 Å². The van der Waals surface area contributed by atoms with Gasteiger partial charge in [0, 0.05) is 44.8 Å². The Kier molecular flexibility index (Phi) is 4.63. The van der Waals surface area contributed by atoms with E-state index >= 15 is 0 Å². The molecule has 6 nitrogen and oxygen atoms in total. The second kappa shape index (κ2) is 6.88. The van der Waals surface area contributed by atoms with E-state index in [1.165, 1.54) is 18.5 Å². The Morgan fingerprint density at radius 2 is 2.00 bits per heavy atom. The van der Waals surface area contributed by atoms with Crippen LogP contribution in [0.15, 0.2) is 11.2 Å². The van der Waals surface area contributed by atoms with Gasteiger partial charge in [-0.15, -0.1) is 0 Å². The molecule has 0 radical (unpaired) electrons. The van der Waals surface area contributed by atoms with E-state index in [4.69, 9.17) is 4.74 Å². The summed E-state index contributed by atoms with van der Waals surface area (Å²) < 4.78 is 5.53. The zero-order valence-corrected chi connectivity index (χ0v) is 14.9. The molecule has 0 spiro atoms. The summed E-state index contributed by atoms with van der Waals surface area (Å²) in [5.41, 5.74) is 1.18. The van der Waals surface area contributed by atoms with Gasteiger partial charge in [-0.1, -0.05) is 11.8 Å². The van der Waals surface area contributed by atoms with Crippen molar-refractivity contribution in [3.63, 3.8) is 0 Å². The molecule has 2 aliphatic heterocycles. The second-order valence-electron chi connectivity index (χ2n) is 6.73. The van der Waals surface area contributed by atoms with Gasteiger partial charge in [0.1, 0.15) is 11.9 Å². The van der Waals surface area contributed by atoms with Gasteiger partial charge < -0.3 is 14.5 Å². The summed E-state index contributed by atoms with van der Waals surface area (Å²) in [6.45, 7) is 3.87. The highest BCUT2D eigenvalue weighted by molar-refractivity contribution is 7.98. The molecule has 0 aromatic carbocycles. The molecule has 1 unspecified atom stereocenters. The van der Waals surface area contributed by atoms with Crippen molar-refractivity contribution in [3.8, 4) is 0 Å². The van der Waals surface area contributed by atoms with Crippen LogP contribution in [0.5, 0.6) is 0 Å². The molecule has 1 saturated carbocycles. The topological polar surface area (TPSA) is 58.6 Å². The third-order valence-corrected chi connectivity index (χ3v) is 5.56. The Morgan fingerprint density at radius 3 is 2.62 bits per heavy atom. The van der Waals surface area contributed by atoms with Crippen molar-refractivity contribution >= 4 is 23.5 Å². The van der Waals surface area contributed by atoms with Crippen LogP contribution in [0.3, 0.4) is 0 Å². The molecule has 130 valence electrons. The van der Waals surface area contributed by atoms with Gasteiger partial charge in [0.2, 0.25) is 0 Å². The van der Waals surface area contributed by atoms with E-state index in [1.54, 1.807) is 11.8 Å². The molecule has 1 aromatic rings. The van der Waals surface area contributed by atoms with Crippen molar-refractivity contribution in [3.05, 3.63) is 11.8 Å². The summed E-state index contributed by atoms with van der Waals surface area (Å²) in [5.74, 6) is 1.80. The van der Waals surface area contributed by atoms with Crippen molar-refractivity contribution in [2.24, 2.45) is 0 Å². The van der Waals surface area contributed by atoms with Crippen molar-refractivity contribution in [2.75, 3.05) is 43.9 Å². The van der Waals surface area contributed by atoms with Gasteiger partial charge in [0.25, 0.3) is 5.91 Å². The Balaban J connectivity index is 1.42. The first-order valence-electron chi connectivity index (χ1n) is 8.83. The number of hydrogen-bond acceptors (Lipinski definition) is 6. The largest absolute Gasteiger partial charge is 0.368 e. The van der Waals surface area contributed by atoms with Crippen LogP contribution in [0.25, 0.3) is 0 Å². The molecule has 1 amide bonds. The lowest BCUT2D eigenvalue weighted by molar-refractivity contribution is -0.141. The standard InChI is InChI=1S/C17H24N4O2S/c1-24-17-18-13(12-4-5-12)11-15(19-17)20-6-8-21(9-7-20)16(22)14-3-2-10-23-14/h11-12,14H,2-10H2,1H3. The van der Waals surface area contributed by atoms with Gasteiger partial charge >= 0.3 is 0 Å². The number of thioether (sulfide) groups is 1. The number of hydrogen-bond donors (Lipinski definition) is 0. The molecule has 0 bridgehead atoms. The van der Waals surface area contributed by atoms with E-state index < -0.39 is 0 Å². The van der Waals surface area contributed by atoms with Crippen molar-refractivity contribution in [2.45, 2.75) is 42.9 Å². The number of piperazine rings is 1. The van der Waals surface area contributed by atoms with Crippen LogP contribution < -0.4 is 4.90 Å². The number of nitrogens with zero attached hydrogens (tertiary/aromatic N) is 4. The van der Waals surface area contributed by atoms with Crippen LogP contribution >= 0.6 is 11.8 Å². The lowest BCUT2D eigenvalue weighted by atomic mass is 10.2. The lowest BCUT2D eigenvalue weighted by Crippen LogP contribution is -2.51. The smallest absolute Gasteiger partial charge is 0.251 e.